The third-order valence-corrected chi connectivity index (χ3v) is 11.1. The van der Waals surface area contributed by atoms with Gasteiger partial charge in [0.2, 0.25) is 11.8 Å². The number of benzene rings is 2. The number of H-pyrrole nitrogens is 1. The van der Waals surface area contributed by atoms with E-state index in [-0.39, 0.29) is 35.7 Å². The number of aromatic nitrogens is 2. The number of aliphatic imine (C=N–C) groups is 1. The van der Waals surface area contributed by atoms with Crippen molar-refractivity contribution in [1.29, 1.82) is 0 Å². The van der Waals surface area contributed by atoms with Crippen LogP contribution in [0.1, 0.15) is 88.4 Å². The van der Waals surface area contributed by atoms with E-state index >= 15 is 0 Å². The first-order valence-corrected chi connectivity index (χ1v) is 19.6. The number of nitrogens with one attached hydrogen (secondary N) is 3. The van der Waals surface area contributed by atoms with Crippen LogP contribution in [0, 0.1) is 11.8 Å². The van der Waals surface area contributed by atoms with Gasteiger partial charge in [-0.2, -0.15) is 0 Å². The second kappa shape index (κ2) is 17.5. The Morgan fingerprint density at radius 2 is 1.36 bits per heavy atom. The number of amides is 4. The number of carbonyl (C=O) groups is 4. The number of ether oxygens (including phenoxy) is 2. The number of likely N-dealkylation sites (tertiary alicyclic amines) is 2. The summed E-state index contributed by atoms with van der Waals surface area (Å²) in [4.78, 5) is 67.9. The molecule has 3 aromatic rings. The first-order chi connectivity index (χ1) is 26.5. The lowest BCUT2D eigenvalue weighted by molar-refractivity contribution is -0.135. The lowest BCUT2D eigenvalue weighted by Gasteiger charge is -2.30. The smallest absolute Gasteiger partial charge is 0.407 e. The van der Waals surface area contributed by atoms with Crippen molar-refractivity contribution in [3.05, 3.63) is 71.2 Å². The average Bonchev–Trinajstić information content (AvgIpc) is 4.01. The number of imidazole rings is 1. The molecule has 4 amide bonds. The molecule has 3 N–H and O–H groups in total. The maximum atomic E-state index is 13.6. The number of methoxy groups -OCH3 is 2. The molecule has 0 unspecified atom stereocenters. The van der Waals surface area contributed by atoms with Crippen LogP contribution in [0.5, 0.6) is 0 Å². The maximum absolute atomic E-state index is 13.6. The molecular formula is C42H55N7O6. The molecule has 2 fully saturated rings. The number of nitrogens with zero attached hydrogens (tertiary/aromatic N) is 4. The van der Waals surface area contributed by atoms with Gasteiger partial charge < -0.3 is 34.9 Å². The summed E-state index contributed by atoms with van der Waals surface area (Å²) in [6.45, 7) is 8.93. The fraction of sp³-hybridized carbons (Fsp3) is 0.524. The summed E-state index contributed by atoms with van der Waals surface area (Å²) in [7, 11) is 2.60. The van der Waals surface area contributed by atoms with E-state index in [1.165, 1.54) is 30.9 Å². The average molecular weight is 754 g/mol. The van der Waals surface area contributed by atoms with Crippen molar-refractivity contribution in [1.82, 2.24) is 30.4 Å². The first kappa shape index (κ1) is 39.5. The van der Waals surface area contributed by atoms with Crippen LogP contribution in [0.4, 0.5) is 15.3 Å². The summed E-state index contributed by atoms with van der Waals surface area (Å²) >= 11 is 0. The summed E-state index contributed by atoms with van der Waals surface area (Å²) in [5.74, 6) is 0.376. The van der Waals surface area contributed by atoms with Crippen molar-refractivity contribution in [3.8, 4) is 11.3 Å². The molecule has 2 saturated heterocycles. The molecule has 0 radical (unpaired) electrons. The zero-order valence-corrected chi connectivity index (χ0v) is 32.9. The fourth-order valence-electron chi connectivity index (χ4n) is 8.05. The van der Waals surface area contributed by atoms with E-state index in [0.717, 1.165) is 79.8 Å². The Kier molecular flexibility index (Phi) is 12.6. The number of rotatable bonds is 13. The van der Waals surface area contributed by atoms with Crippen LogP contribution < -0.4 is 10.6 Å². The molecule has 3 aliphatic heterocycles. The van der Waals surface area contributed by atoms with Crippen molar-refractivity contribution < 1.29 is 28.7 Å². The summed E-state index contributed by atoms with van der Waals surface area (Å²) in [5, 5.41) is 5.43. The van der Waals surface area contributed by atoms with Crippen LogP contribution >= 0.6 is 0 Å². The Morgan fingerprint density at radius 3 is 1.96 bits per heavy atom. The SMILES string of the molecule is COC(=O)N[C@H](C(=O)N1CCC[C@H]1C1=Nc2cc(CCCc3ccc(-c4cnc([C@@H]5CCCN5C(=O)[C@@H](NC(=O)OC)C(C)C)[nH]4)cc3)ccc2C1)C(C)C. The molecule has 3 aliphatic rings. The number of fused-ring (bicyclic) bond motifs is 1. The minimum Gasteiger partial charge on any atom is -0.453 e. The van der Waals surface area contributed by atoms with Crippen LogP contribution in [0.2, 0.25) is 0 Å². The number of carbonyl (C=O) groups excluding carboxylic acids is 4. The van der Waals surface area contributed by atoms with Gasteiger partial charge in [-0.15, -0.1) is 0 Å². The van der Waals surface area contributed by atoms with Crippen molar-refractivity contribution in [2.24, 2.45) is 16.8 Å². The molecule has 1 aromatic heterocycles. The molecule has 0 saturated carbocycles. The Morgan fingerprint density at radius 1 is 0.800 bits per heavy atom. The second-order valence-electron chi connectivity index (χ2n) is 15.6. The second-order valence-corrected chi connectivity index (χ2v) is 15.6. The van der Waals surface area contributed by atoms with Gasteiger partial charge in [0, 0.05) is 25.2 Å². The Bertz CT molecular complexity index is 1890. The van der Waals surface area contributed by atoms with E-state index in [1.807, 2.05) is 43.7 Å². The minimum absolute atomic E-state index is 0.0682. The van der Waals surface area contributed by atoms with E-state index in [4.69, 9.17) is 14.5 Å². The van der Waals surface area contributed by atoms with Crippen LogP contribution in [-0.4, -0.2) is 94.9 Å². The number of aromatic amines is 1. The van der Waals surface area contributed by atoms with Crippen LogP contribution in [-0.2, 0) is 38.3 Å². The monoisotopic (exact) mass is 753 g/mol. The van der Waals surface area contributed by atoms with Crippen molar-refractivity contribution >= 4 is 35.4 Å². The highest BCUT2D eigenvalue weighted by molar-refractivity contribution is 6.01. The number of hydrogen-bond donors (Lipinski definition) is 3. The van der Waals surface area contributed by atoms with Crippen molar-refractivity contribution in [2.45, 2.75) is 103 Å². The topological polar surface area (TPSA) is 158 Å². The molecule has 13 heteroatoms. The number of hydrogen-bond acceptors (Lipinski definition) is 8. The summed E-state index contributed by atoms with van der Waals surface area (Å²) < 4.78 is 9.53. The Balaban J connectivity index is 1.03. The van der Waals surface area contributed by atoms with Crippen molar-refractivity contribution in [2.75, 3.05) is 27.3 Å². The standard InChI is InChI=1S/C42H55N7O6/c1-25(2)36(46-41(52)54-5)39(50)48-20-8-12-34(48)32-23-30-19-16-28(22-31(30)44-32)11-7-10-27-14-17-29(18-15-27)33-24-43-38(45-33)35-13-9-21-49(35)40(51)37(26(3)4)47-42(53)55-6/h14-19,22,24-26,34-37H,7-13,20-21,23H2,1-6H3,(H,43,45)(H,46,52)(H,47,53)/t34-,35-,36-,37-/m0/s1. The maximum Gasteiger partial charge on any atom is 0.407 e. The Hall–Kier alpha value is -5.20. The van der Waals surface area contributed by atoms with Gasteiger partial charge in [-0.05, 0) is 85.1 Å². The summed E-state index contributed by atoms with van der Waals surface area (Å²) in [6.07, 6.45) is 7.64. The van der Waals surface area contributed by atoms with Crippen LogP contribution in [0.15, 0.2) is 53.7 Å². The molecule has 55 heavy (non-hydrogen) atoms. The van der Waals surface area contributed by atoms with E-state index in [1.54, 1.807) is 0 Å². The molecule has 6 rings (SSSR count). The largest absolute Gasteiger partial charge is 0.453 e. The molecule has 0 bridgehead atoms. The van der Waals surface area contributed by atoms with E-state index in [0.29, 0.717) is 13.1 Å². The highest BCUT2D eigenvalue weighted by Gasteiger charge is 2.39. The molecular weight excluding hydrogens is 699 g/mol. The van der Waals surface area contributed by atoms with Gasteiger partial charge in [-0.3, -0.25) is 14.6 Å². The summed E-state index contributed by atoms with van der Waals surface area (Å²) in [5.41, 5.74) is 7.62. The van der Waals surface area contributed by atoms with Gasteiger partial charge in [-0.1, -0.05) is 64.1 Å². The Labute approximate surface area is 323 Å². The van der Waals surface area contributed by atoms with Gasteiger partial charge in [0.1, 0.15) is 17.9 Å². The number of alkyl carbamates (subject to hydrolysis) is 2. The highest BCUT2D eigenvalue weighted by atomic mass is 16.5. The van der Waals surface area contributed by atoms with Crippen LogP contribution in [0.25, 0.3) is 11.3 Å². The normalized spacial score (nSPS) is 18.9. The zero-order valence-electron chi connectivity index (χ0n) is 32.9. The van der Waals surface area contributed by atoms with Gasteiger partial charge in [0.15, 0.2) is 0 Å². The lowest BCUT2D eigenvalue weighted by atomic mass is 9.98. The molecule has 13 nitrogen and oxygen atoms in total. The summed E-state index contributed by atoms with van der Waals surface area (Å²) in [6, 6.07) is 13.5. The molecule has 0 aliphatic carbocycles. The molecule has 0 spiro atoms. The predicted molar refractivity (Wildman–Crippen MR) is 210 cm³/mol. The van der Waals surface area contributed by atoms with Gasteiger partial charge in [0.05, 0.1) is 43.9 Å². The zero-order chi connectivity index (χ0) is 39.2. The predicted octanol–water partition coefficient (Wildman–Crippen LogP) is 6.30. The minimum atomic E-state index is -0.673. The highest BCUT2D eigenvalue weighted by Crippen LogP contribution is 2.35. The van der Waals surface area contributed by atoms with Gasteiger partial charge >= 0.3 is 12.2 Å². The first-order valence-electron chi connectivity index (χ1n) is 19.6. The quantitative estimate of drug-likeness (QED) is 0.185. The van der Waals surface area contributed by atoms with E-state index in [2.05, 4.69) is 63.1 Å². The molecule has 4 atom stereocenters. The lowest BCUT2D eigenvalue weighted by Crippen LogP contribution is -2.53. The number of aryl methyl sites for hydroxylation is 2. The third-order valence-electron chi connectivity index (χ3n) is 11.1. The molecule has 2 aromatic carbocycles. The molecule has 294 valence electrons. The van der Waals surface area contributed by atoms with Crippen molar-refractivity contribution in [3.63, 3.8) is 0 Å². The van der Waals surface area contributed by atoms with Crippen LogP contribution in [0.3, 0.4) is 0 Å². The van der Waals surface area contributed by atoms with E-state index < -0.39 is 24.3 Å². The van der Waals surface area contributed by atoms with Gasteiger partial charge in [0.25, 0.3) is 0 Å². The van der Waals surface area contributed by atoms with Gasteiger partial charge in [-0.25, -0.2) is 14.6 Å². The van der Waals surface area contributed by atoms with E-state index in [9.17, 15) is 19.2 Å². The third kappa shape index (κ3) is 9.03. The fourth-order valence-corrected chi connectivity index (χ4v) is 8.05. The molecule has 4 heterocycles.